The summed E-state index contributed by atoms with van der Waals surface area (Å²) in [5, 5.41) is 0. The molecule has 0 spiro atoms. The van der Waals surface area contributed by atoms with E-state index in [1.165, 1.54) is 28.4 Å². The zero-order chi connectivity index (χ0) is 42.2. The van der Waals surface area contributed by atoms with Crippen LogP contribution in [-0.2, 0) is 76.1 Å². The molecule has 0 rings (SSSR count). The van der Waals surface area contributed by atoms with Crippen molar-refractivity contribution < 1.29 is 76.1 Å². The first-order valence-electron chi connectivity index (χ1n) is 18.7. The summed E-state index contributed by atoms with van der Waals surface area (Å²) >= 11 is 0. The maximum atomic E-state index is 14.3. The number of esters is 5. The molecular formula is C39H70O16. The first kappa shape index (κ1) is 52.1. The Morgan fingerprint density at radius 3 is 0.945 bits per heavy atom. The Morgan fingerprint density at radius 1 is 0.345 bits per heavy atom. The van der Waals surface area contributed by atoms with Crippen LogP contribution < -0.4 is 0 Å². The normalized spacial score (nSPS) is 16.1. The lowest BCUT2D eigenvalue weighted by Crippen LogP contribution is -2.49. The summed E-state index contributed by atoms with van der Waals surface area (Å²) in [5.41, 5.74) is -7.13. The number of carbonyl (C=O) groups excluding carboxylic acids is 5. The zero-order valence-corrected chi connectivity index (χ0v) is 35.6. The van der Waals surface area contributed by atoms with Crippen LogP contribution in [0.1, 0.15) is 80.6 Å². The van der Waals surface area contributed by atoms with Crippen LogP contribution >= 0.6 is 0 Å². The van der Waals surface area contributed by atoms with Gasteiger partial charge in [0.1, 0.15) is 33.0 Å². The van der Waals surface area contributed by atoms with E-state index in [4.69, 9.17) is 52.1 Å². The van der Waals surface area contributed by atoms with Crippen LogP contribution in [0.4, 0.5) is 0 Å². The summed E-state index contributed by atoms with van der Waals surface area (Å²) in [5.74, 6) is -3.27. The Labute approximate surface area is 328 Å². The highest BCUT2D eigenvalue weighted by Gasteiger charge is 2.55. The lowest BCUT2D eigenvalue weighted by molar-refractivity contribution is -0.175. The average Bonchev–Trinajstić information content (AvgIpc) is 3.12. The second kappa shape index (κ2) is 26.1. The van der Waals surface area contributed by atoms with Gasteiger partial charge in [0.05, 0.1) is 73.3 Å². The number of hydrogen-bond donors (Lipinski definition) is 0. The van der Waals surface area contributed by atoms with E-state index in [0.717, 1.165) is 0 Å². The molecule has 0 fully saturated rings. The van der Waals surface area contributed by atoms with E-state index in [-0.39, 0.29) is 98.2 Å². The summed E-state index contributed by atoms with van der Waals surface area (Å²) in [4.78, 5) is 69.6. The molecule has 0 N–H and O–H groups in total. The Balaban J connectivity index is 7.18. The van der Waals surface area contributed by atoms with Crippen LogP contribution in [0, 0.1) is 27.1 Å². The van der Waals surface area contributed by atoms with Gasteiger partial charge in [0.15, 0.2) is 0 Å². The minimum atomic E-state index is -1.61. The fraction of sp³-hybridized carbons (Fsp3) is 0.872. The maximum Gasteiger partial charge on any atom is 0.311 e. The van der Waals surface area contributed by atoms with E-state index in [0.29, 0.717) is 13.2 Å². The fourth-order valence-corrected chi connectivity index (χ4v) is 6.79. The largest absolute Gasteiger partial charge is 0.463 e. The molecule has 55 heavy (non-hydrogen) atoms. The van der Waals surface area contributed by atoms with Crippen LogP contribution in [0.2, 0.25) is 0 Å². The SMILES string of the molecule is CCC(C)(CC(C)(CC(C)(CC(C)(CC(C)(C)C(=O)OCCOCCOC)C(=O)OCCOC)C(=O)OCCOC)C(=O)OCCOC)C(=O)OCCOC. The molecule has 322 valence electrons. The monoisotopic (exact) mass is 794 g/mol. The predicted octanol–water partition coefficient (Wildman–Crippen LogP) is 3.97. The van der Waals surface area contributed by atoms with Gasteiger partial charge >= 0.3 is 29.8 Å². The van der Waals surface area contributed by atoms with Crippen molar-refractivity contribution in [1.82, 2.24) is 0 Å². The molecule has 16 nitrogen and oxygen atoms in total. The van der Waals surface area contributed by atoms with Crippen molar-refractivity contribution in [3.63, 3.8) is 0 Å². The van der Waals surface area contributed by atoms with Crippen LogP contribution in [0.15, 0.2) is 0 Å². The molecule has 0 aliphatic carbocycles. The van der Waals surface area contributed by atoms with E-state index in [1.807, 2.05) is 0 Å². The van der Waals surface area contributed by atoms with Gasteiger partial charge in [0.25, 0.3) is 0 Å². The summed E-state index contributed by atoms with van der Waals surface area (Å²) < 4.78 is 58.8. The molecule has 0 saturated carbocycles. The standard InChI is InChI=1S/C39H70O16/c1-13-36(4,31(41)52-21-15-46-9)27-38(6,33(43)54-23-17-48-11)29-39(7,34(44)55-24-18-49-12)28-37(5,32(42)53-22-16-47-10)26-35(2,3)30(40)51-25-20-50-19-14-45-8/h13-29H2,1-12H3. The highest BCUT2D eigenvalue weighted by molar-refractivity contribution is 5.85. The van der Waals surface area contributed by atoms with Crippen molar-refractivity contribution in [3.8, 4) is 0 Å². The minimum Gasteiger partial charge on any atom is -0.463 e. The minimum absolute atomic E-state index is 0.00601. The van der Waals surface area contributed by atoms with Gasteiger partial charge in [-0.3, -0.25) is 24.0 Å². The van der Waals surface area contributed by atoms with Crippen molar-refractivity contribution in [2.75, 3.05) is 115 Å². The van der Waals surface area contributed by atoms with E-state index in [2.05, 4.69) is 0 Å². The van der Waals surface area contributed by atoms with Crippen molar-refractivity contribution in [2.45, 2.75) is 80.6 Å². The second-order valence-electron chi connectivity index (χ2n) is 15.4. The molecule has 0 bridgehead atoms. The second-order valence-corrected chi connectivity index (χ2v) is 15.4. The van der Waals surface area contributed by atoms with E-state index >= 15 is 0 Å². The molecule has 0 amide bonds. The average molecular weight is 795 g/mol. The number of carbonyl (C=O) groups is 5. The van der Waals surface area contributed by atoms with Crippen molar-refractivity contribution >= 4 is 29.8 Å². The van der Waals surface area contributed by atoms with Gasteiger partial charge in [0.2, 0.25) is 0 Å². The molecule has 16 heteroatoms. The van der Waals surface area contributed by atoms with Crippen molar-refractivity contribution in [2.24, 2.45) is 27.1 Å². The van der Waals surface area contributed by atoms with E-state index in [1.54, 1.807) is 55.6 Å². The van der Waals surface area contributed by atoms with E-state index in [9.17, 15) is 24.0 Å². The maximum absolute atomic E-state index is 14.3. The molecule has 0 radical (unpaired) electrons. The van der Waals surface area contributed by atoms with Gasteiger partial charge in [-0.2, -0.15) is 0 Å². The lowest BCUT2D eigenvalue weighted by atomic mass is 9.59. The van der Waals surface area contributed by atoms with Crippen LogP contribution in [-0.4, -0.2) is 145 Å². The topological polar surface area (TPSA) is 187 Å². The molecule has 0 saturated heterocycles. The molecule has 0 aromatic heterocycles. The number of hydrogen-bond acceptors (Lipinski definition) is 16. The highest BCUT2D eigenvalue weighted by Crippen LogP contribution is 2.52. The van der Waals surface area contributed by atoms with Crippen LogP contribution in [0.3, 0.4) is 0 Å². The first-order chi connectivity index (χ1) is 25.8. The van der Waals surface area contributed by atoms with Crippen LogP contribution in [0.5, 0.6) is 0 Å². The number of methoxy groups -OCH3 is 5. The van der Waals surface area contributed by atoms with Crippen molar-refractivity contribution in [3.05, 3.63) is 0 Å². The fourth-order valence-electron chi connectivity index (χ4n) is 6.79. The zero-order valence-electron chi connectivity index (χ0n) is 35.6. The molecule has 0 heterocycles. The summed E-state index contributed by atoms with van der Waals surface area (Å²) in [6.07, 6.45) is -0.399. The quantitative estimate of drug-likeness (QED) is 0.0540. The van der Waals surface area contributed by atoms with Gasteiger partial charge in [-0.05, 0) is 73.6 Å². The molecule has 4 unspecified atom stereocenters. The summed E-state index contributed by atoms with van der Waals surface area (Å²) in [6, 6.07) is 0. The molecular weight excluding hydrogens is 724 g/mol. The number of rotatable bonds is 32. The van der Waals surface area contributed by atoms with Gasteiger partial charge in [-0.1, -0.05) is 6.92 Å². The van der Waals surface area contributed by atoms with Gasteiger partial charge in [-0.25, -0.2) is 0 Å². The summed E-state index contributed by atoms with van der Waals surface area (Å²) in [6.45, 7) is 12.6. The molecule has 0 aliphatic heterocycles. The lowest BCUT2D eigenvalue weighted by Gasteiger charge is -2.44. The van der Waals surface area contributed by atoms with Gasteiger partial charge < -0.3 is 52.1 Å². The first-order valence-corrected chi connectivity index (χ1v) is 18.7. The molecule has 4 atom stereocenters. The van der Waals surface area contributed by atoms with E-state index < -0.39 is 56.9 Å². The predicted molar refractivity (Wildman–Crippen MR) is 200 cm³/mol. The Bertz CT molecular complexity index is 1160. The Hall–Kier alpha value is -2.89. The molecule has 0 aliphatic rings. The highest BCUT2D eigenvalue weighted by atomic mass is 16.6. The third-order valence-electron chi connectivity index (χ3n) is 9.45. The third kappa shape index (κ3) is 18.3. The Kier molecular flexibility index (Phi) is 24.7. The molecule has 0 aromatic rings. The van der Waals surface area contributed by atoms with Crippen molar-refractivity contribution in [1.29, 1.82) is 0 Å². The van der Waals surface area contributed by atoms with Gasteiger partial charge in [0, 0.05) is 35.5 Å². The van der Waals surface area contributed by atoms with Crippen LogP contribution in [0.25, 0.3) is 0 Å². The van der Waals surface area contributed by atoms with Gasteiger partial charge in [-0.15, -0.1) is 0 Å². The molecule has 0 aromatic carbocycles. The summed E-state index contributed by atoms with van der Waals surface area (Å²) in [7, 11) is 7.41. The number of ether oxygens (including phenoxy) is 11. The third-order valence-corrected chi connectivity index (χ3v) is 9.45. The Morgan fingerprint density at radius 2 is 0.600 bits per heavy atom. The smallest absolute Gasteiger partial charge is 0.311 e.